The number of nitrogens with one attached hydrogen (secondary N) is 1. The molecule has 0 unspecified atom stereocenters. The number of ether oxygens (including phenoxy) is 1. The molecule has 0 spiro atoms. The van der Waals surface area contributed by atoms with Crippen molar-refractivity contribution in [1.82, 2.24) is 15.0 Å². The summed E-state index contributed by atoms with van der Waals surface area (Å²) >= 11 is 5.98. The second-order valence-electron chi connectivity index (χ2n) is 3.15. The van der Waals surface area contributed by atoms with Gasteiger partial charge in [-0.25, -0.2) is 14.8 Å². The minimum Gasteiger partial charge on any atom is -0.462 e. The molecule has 0 saturated carbocycles. The van der Waals surface area contributed by atoms with Crippen LogP contribution in [0.3, 0.4) is 0 Å². The third kappa shape index (κ3) is 1.99. The van der Waals surface area contributed by atoms with Crippen LogP contribution >= 0.6 is 11.6 Å². The maximum atomic E-state index is 11.7. The number of fused-ring (bicyclic) bond motifs is 1. The second-order valence-corrected chi connectivity index (χ2v) is 3.53. The average molecular weight is 254 g/mol. The number of esters is 1. The number of aromatic amines is 1. The Morgan fingerprint density at radius 3 is 3.06 bits per heavy atom. The lowest BCUT2D eigenvalue weighted by Crippen LogP contribution is -2.21. The minimum atomic E-state index is -0.760. The monoisotopic (exact) mass is 253 g/mol. The van der Waals surface area contributed by atoms with Crippen molar-refractivity contribution in [2.24, 2.45) is 0 Å². The Morgan fingerprint density at radius 1 is 1.59 bits per heavy atom. The number of nitrogens with zero attached hydrogens (tertiary/aromatic N) is 2. The van der Waals surface area contributed by atoms with E-state index in [2.05, 4.69) is 15.0 Å². The van der Waals surface area contributed by atoms with Crippen molar-refractivity contribution in [1.29, 1.82) is 0 Å². The molecule has 0 amide bonds. The van der Waals surface area contributed by atoms with Gasteiger partial charge < -0.3 is 9.72 Å². The Labute approximate surface area is 101 Å². The fourth-order valence-electron chi connectivity index (χ4n) is 1.38. The standard InChI is InChI=1S/C10H8ClN3O3/c1-2-17-10(16)6-7(11)5-3-12-4-13-8(5)14-9(6)15/h3-4H,2H2,1H3,(H,12,13,14,15). The molecule has 17 heavy (non-hydrogen) atoms. The first-order chi connectivity index (χ1) is 8.15. The third-order valence-corrected chi connectivity index (χ3v) is 2.50. The highest BCUT2D eigenvalue weighted by molar-refractivity contribution is 6.37. The lowest BCUT2D eigenvalue weighted by Gasteiger charge is -2.05. The van der Waals surface area contributed by atoms with E-state index in [0.717, 1.165) is 0 Å². The Hall–Kier alpha value is -1.95. The summed E-state index contributed by atoms with van der Waals surface area (Å²) in [7, 11) is 0. The van der Waals surface area contributed by atoms with E-state index in [0.29, 0.717) is 5.39 Å². The molecule has 2 heterocycles. The fourth-order valence-corrected chi connectivity index (χ4v) is 1.68. The molecule has 0 radical (unpaired) electrons. The molecule has 0 saturated heterocycles. The minimum absolute atomic E-state index is 0.00259. The zero-order chi connectivity index (χ0) is 12.4. The molecule has 0 aromatic carbocycles. The van der Waals surface area contributed by atoms with Crippen LogP contribution in [0, 0.1) is 0 Å². The molecular weight excluding hydrogens is 246 g/mol. The molecule has 2 aromatic heterocycles. The van der Waals surface area contributed by atoms with Gasteiger partial charge in [0.15, 0.2) is 0 Å². The average Bonchev–Trinajstić information content (AvgIpc) is 2.29. The highest BCUT2D eigenvalue weighted by Crippen LogP contribution is 2.21. The predicted molar refractivity (Wildman–Crippen MR) is 61.1 cm³/mol. The summed E-state index contributed by atoms with van der Waals surface area (Å²) in [6.45, 7) is 1.81. The van der Waals surface area contributed by atoms with Crippen molar-refractivity contribution in [2.75, 3.05) is 6.61 Å². The van der Waals surface area contributed by atoms with Crippen LogP contribution < -0.4 is 5.56 Å². The lowest BCUT2D eigenvalue weighted by molar-refractivity contribution is 0.0524. The number of H-pyrrole nitrogens is 1. The van der Waals surface area contributed by atoms with Gasteiger partial charge in [0.2, 0.25) is 0 Å². The maximum Gasteiger partial charge on any atom is 0.345 e. The summed E-state index contributed by atoms with van der Waals surface area (Å²) in [6.07, 6.45) is 2.70. The quantitative estimate of drug-likeness (QED) is 0.812. The third-order valence-electron chi connectivity index (χ3n) is 2.11. The molecule has 0 bridgehead atoms. The Morgan fingerprint density at radius 2 is 2.35 bits per heavy atom. The number of carbonyl (C=O) groups excluding carboxylic acids is 1. The molecule has 0 aliphatic heterocycles. The Bertz CT molecular complexity index is 638. The highest BCUT2D eigenvalue weighted by Gasteiger charge is 2.19. The van der Waals surface area contributed by atoms with Crippen molar-refractivity contribution in [2.45, 2.75) is 6.92 Å². The molecule has 2 rings (SSSR count). The van der Waals surface area contributed by atoms with E-state index in [1.54, 1.807) is 6.92 Å². The second kappa shape index (κ2) is 4.50. The van der Waals surface area contributed by atoms with E-state index >= 15 is 0 Å². The summed E-state index contributed by atoms with van der Waals surface area (Å²) in [6, 6.07) is 0. The molecule has 0 atom stereocenters. The summed E-state index contributed by atoms with van der Waals surface area (Å²) in [5.41, 5.74) is -0.571. The maximum absolute atomic E-state index is 11.7. The molecule has 0 fully saturated rings. The smallest absolute Gasteiger partial charge is 0.345 e. The van der Waals surface area contributed by atoms with Crippen molar-refractivity contribution < 1.29 is 9.53 Å². The van der Waals surface area contributed by atoms with Crippen molar-refractivity contribution in [3.05, 3.63) is 33.5 Å². The number of aromatic nitrogens is 3. The van der Waals surface area contributed by atoms with Gasteiger partial charge in [0.1, 0.15) is 17.5 Å². The van der Waals surface area contributed by atoms with Gasteiger partial charge in [0, 0.05) is 6.20 Å². The first-order valence-electron chi connectivity index (χ1n) is 4.83. The number of pyridine rings is 1. The van der Waals surface area contributed by atoms with E-state index in [1.165, 1.54) is 12.5 Å². The molecule has 88 valence electrons. The molecule has 0 aliphatic rings. The van der Waals surface area contributed by atoms with Gasteiger partial charge in [-0.3, -0.25) is 4.79 Å². The van der Waals surface area contributed by atoms with E-state index in [-0.39, 0.29) is 22.8 Å². The van der Waals surface area contributed by atoms with Crippen molar-refractivity contribution in [3.63, 3.8) is 0 Å². The van der Waals surface area contributed by atoms with Gasteiger partial charge in [-0.05, 0) is 6.92 Å². The summed E-state index contributed by atoms with van der Waals surface area (Å²) in [5, 5.41) is 0.402. The largest absolute Gasteiger partial charge is 0.462 e. The van der Waals surface area contributed by atoms with Gasteiger partial charge in [-0.1, -0.05) is 11.6 Å². The zero-order valence-electron chi connectivity index (χ0n) is 8.86. The number of hydrogen-bond donors (Lipinski definition) is 1. The number of halogens is 1. The van der Waals surface area contributed by atoms with Gasteiger partial charge >= 0.3 is 5.97 Å². The van der Waals surface area contributed by atoms with Crippen LogP contribution in [0.1, 0.15) is 17.3 Å². The van der Waals surface area contributed by atoms with E-state index < -0.39 is 11.5 Å². The first-order valence-corrected chi connectivity index (χ1v) is 5.21. The van der Waals surface area contributed by atoms with Crippen LogP contribution in [-0.2, 0) is 4.74 Å². The molecule has 1 N–H and O–H groups in total. The zero-order valence-corrected chi connectivity index (χ0v) is 9.61. The Kier molecular flexibility index (Phi) is 3.06. The fraction of sp³-hybridized carbons (Fsp3) is 0.200. The van der Waals surface area contributed by atoms with Gasteiger partial charge in [-0.15, -0.1) is 0 Å². The van der Waals surface area contributed by atoms with E-state index in [9.17, 15) is 9.59 Å². The molecule has 6 nitrogen and oxygen atoms in total. The van der Waals surface area contributed by atoms with Crippen molar-refractivity contribution in [3.8, 4) is 0 Å². The van der Waals surface area contributed by atoms with Crippen LogP contribution in [0.15, 0.2) is 17.3 Å². The van der Waals surface area contributed by atoms with Gasteiger partial charge in [0.25, 0.3) is 5.56 Å². The van der Waals surface area contributed by atoms with E-state index in [1.807, 2.05) is 0 Å². The summed E-state index contributed by atoms with van der Waals surface area (Å²) in [4.78, 5) is 33.3. The SMILES string of the molecule is CCOC(=O)c1c(Cl)c2cncnc2[nH]c1=O. The summed E-state index contributed by atoms with van der Waals surface area (Å²) < 4.78 is 4.75. The normalized spacial score (nSPS) is 10.5. The molecular formula is C10H8ClN3O3. The topological polar surface area (TPSA) is 84.9 Å². The molecule has 0 aliphatic carbocycles. The van der Waals surface area contributed by atoms with Crippen LogP contribution in [0.2, 0.25) is 5.02 Å². The molecule has 2 aromatic rings. The number of carbonyl (C=O) groups is 1. The lowest BCUT2D eigenvalue weighted by atomic mass is 10.2. The van der Waals surface area contributed by atoms with E-state index in [4.69, 9.17) is 16.3 Å². The van der Waals surface area contributed by atoms with Crippen LogP contribution in [-0.4, -0.2) is 27.5 Å². The molecule has 7 heteroatoms. The predicted octanol–water partition coefficient (Wildman–Crippen LogP) is 1.15. The summed E-state index contributed by atoms with van der Waals surface area (Å²) in [5.74, 6) is -0.760. The Balaban J connectivity index is 2.72. The first kappa shape index (κ1) is 11.5. The van der Waals surface area contributed by atoms with Crippen LogP contribution in [0.25, 0.3) is 11.0 Å². The number of rotatable bonds is 2. The van der Waals surface area contributed by atoms with Crippen LogP contribution in [0.5, 0.6) is 0 Å². The highest BCUT2D eigenvalue weighted by atomic mass is 35.5. The van der Waals surface area contributed by atoms with Crippen molar-refractivity contribution >= 4 is 28.6 Å². The van der Waals surface area contributed by atoms with Crippen LogP contribution in [0.4, 0.5) is 0 Å². The van der Waals surface area contributed by atoms with Gasteiger partial charge in [0.05, 0.1) is 17.0 Å². The van der Waals surface area contributed by atoms with Gasteiger partial charge in [-0.2, -0.15) is 0 Å². The number of hydrogen-bond acceptors (Lipinski definition) is 5.